The second kappa shape index (κ2) is 12.8. The summed E-state index contributed by atoms with van der Waals surface area (Å²) in [4.78, 5) is 27.2. The Hall–Kier alpha value is -2.38. The van der Waals surface area contributed by atoms with Crippen molar-refractivity contribution in [3.63, 3.8) is 0 Å². The van der Waals surface area contributed by atoms with E-state index in [0.29, 0.717) is 30.8 Å². The maximum atomic E-state index is 13.4. The molecule has 0 aromatic heterocycles. The Morgan fingerprint density at radius 3 is 2.36 bits per heavy atom. The molecule has 1 aromatic carbocycles. The zero-order chi connectivity index (χ0) is 23.6. The number of ether oxygens (including phenoxy) is 3. The topological polar surface area (TPSA) is 85.3 Å². The van der Waals surface area contributed by atoms with Crippen molar-refractivity contribution in [2.75, 3.05) is 33.4 Å². The summed E-state index contributed by atoms with van der Waals surface area (Å²) in [7, 11) is 1.36. The Kier molecular flexibility index (Phi) is 9.76. The number of methoxy groups -OCH3 is 1. The van der Waals surface area contributed by atoms with Gasteiger partial charge < -0.3 is 24.2 Å². The predicted octanol–water partition coefficient (Wildman–Crippen LogP) is 4.01. The largest absolute Gasteiger partial charge is 0.465 e. The Morgan fingerprint density at radius 1 is 1.09 bits per heavy atom. The second-order valence-corrected chi connectivity index (χ2v) is 8.70. The lowest BCUT2D eigenvalue weighted by atomic mass is 9.80. The van der Waals surface area contributed by atoms with Gasteiger partial charge in [0.1, 0.15) is 0 Å². The monoisotopic (exact) mass is 459 g/mol. The van der Waals surface area contributed by atoms with Gasteiger partial charge in [-0.05, 0) is 56.4 Å². The number of rotatable bonds is 8. The highest BCUT2D eigenvalue weighted by molar-refractivity contribution is 5.92. The third-order valence-corrected chi connectivity index (χ3v) is 6.48. The van der Waals surface area contributed by atoms with E-state index in [9.17, 15) is 14.7 Å². The number of allylic oxidation sites excluding steroid dienone is 1. The molecule has 0 aliphatic carbocycles. The van der Waals surface area contributed by atoms with Crippen LogP contribution in [0.2, 0.25) is 0 Å². The van der Waals surface area contributed by atoms with Crippen LogP contribution >= 0.6 is 0 Å². The van der Waals surface area contributed by atoms with Crippen molar-refractivity contribution >= 4 is 11.9 Å². The summed E-state index contributed by atoms with van der Waals surface area (Å²) in [5, 5.41) is 9.45. The molecule has 2 aliphatic rings. The molecule has 1 saturated heterocycles. The maximum absolute atomic E-state index is 13.4. The van der Waals surface area contributed by atoms with Crippen molar-refractivity contribution in [1.82, 2.24) is 4.90 Å². The molecule has 3 rings (SSSR count). The minimum Gasteiger partial charge on any atom is -0.465 e. The maximum Gasteiger partial charge on any atom is 0.337 e. The van der Waals surface area contributed by atoms with Crippen LogP contribution < -0.4 is 0 Å². The van der Waals surface area contributed by atoms with Crippen LogP contribution in [0.5, 0.6) is 0 Å². The SMILES string of the molecule is CCO[C@H]1OC(C(=O)N2CCCCCCC2)=C[C@@H](c2ccc(C(=O)OC)cc2)[C@H]1CCCO. The number of likely N-dealkylation sites (tertiary alicyclic amines) is 1. The summed E-state index contributed by atoms with van der Waals surface area (Å²) in [6, 6.07) is 7.27. The summed E-state index contributed by atoms with van der Waals surface area (Å²) in [6.45, 7) is 3.92. The highest BCUT2D eigenvalue weighted by atomic mass is 16.7. The van der Waals surface area contributed by atoms with Crippen LogP contribution in [-0.4, -0.2) is 61.6 Å². The lowest BCUT2D eigenvalue weighted by Crippen LogP contribution is -2.41. The van der Waals surface area contributed by atoms with E-state index in [2.05, 4.69) is 0 Å². The van der Waals surface area contributed by atoms with Crippen molar-refractivity contribution < 1.29 is 28.9 Å². The van der Waals surface area contributed by atoms with Gasteiger partial charge in [0.2, 0.25) is 6.29 Å². The van der Waals surface area contributed by atoms with E-state index in [4.69, 9.17) is 14.2 Å². The molecule has 3 atom stereocenters. The minimum absolute atomic E-state index is 0.0649. The molecular formula is C26H37NO6. The zero-order valence-corrected chi connectivity index (χ0v) is 19.8. The smallest absolute Gasteiger partial charge is 0.337 e. The van der Waals surface area contributed by atoms with E-state index in [1.54, 1.807) is 12.1 Å². The van der Waals surface area contributed by atoms with Gasteiger partial charge in [-0.3, -0.25) is 4.79 Å². The van der Waals surface area contributed by atoms with Crippen molar-refractivity contribution in [3.05, 3.63) is 47.2 Å². The first kappa shape index (κ1) is 25.2. The lowest BCUT2D eigenvalue weighted by molar-refractivity contribution is -0.170. The second-order valence-electron chi connectivity index (χ2n) is 8.70. The summed E-state index contributed by atoms with van der Waals surface area (Å²) in [5.74, 6) is -0.344. The molecule has 1 amide bonds. The van der Waals surface area contributed by atoms with Crippen LogP contribution in [0.15, 0.2) is 36.1 Å². The Labute approximate surface area is 196 Å². The number of benzene rings is 1. The predicted molar refractivity (Wildman–Crippen MR) is 125 cm³/mol. The van der Waals surface area contributed by atoms with Crippen LogP contribution in [0.3, 0.4) is 0 Å². The molecule has 2 heterocycles. The minimum atomic E-state index is -0.578. The van der Waals surface area contributed by atoms with Gasteiger partial charge in [0, 0.05) is 38.1 Å². The average Bonchev–Trinajstić information content (AvgIpc) is 2.82. The van der Waals surface area contributed by atoms with Gasteiger partial charge >= 0.3 is 5.97 Å². The lowest BCUT2D eigenvalue weighted by Gasteiger charge is -2.38. The number of nitrogens with zero attached hydrogens (tertiary/aromatic N) is 1. The summed E-state index contributed by atoms with van der Waals surface area (Å²) in [5.41, 5.74) is 1.44. The third kappa shape index (κ3) is 6.58. The fourth-order valence-electron chi connectivity index (χ4n) is 4.70. The van der Waals surface area contributed by atoms with Gasteiger partial charge in [-0.25, -0.2) is 4.79 Å². The molecule has 0 radical (unpaired) electrons. The van der Waals surface area contributed by atoms with Crippen molar-refractivity contribution in [1.29, 1.82) is 0 Å². The molecule has 1 N–H and O–H groups in total. The Balaban J connectivity index is 1.92. The molecule has 182 valence electrons. The molecule has 1 aromatic rings. The molecule has 0 unspecified atom stereocenters. The molecule has 33 heavy (non-hydrogen) atoms. The van der Waals surface area contributed by atoms with Gasteiger partial charge in [0.25, 0.3) is 5.91 Å². The molecule has 7 nitrogen and oxygen atoms in total. The standard InChI is InChI=1S/C26H37NO6/c1-3-32-26-21(10-9-17-28)22(19-11-13-20(14-12-19)25(30)31-2)18-23(33-26)24(29)27-15-7-5-4-6-8-16-27/h11-14,18,21-22,26,28H,3-10,15-17H2,1-2H3/t21-,22+,26+/m1/s1. The first-order valence-corrected chi connectivity index (χ1v) is 12.2. The van der Waals surface area contributed by atoms with E-state index in [-0.39, 0.29) is 30.3 Å². The molecule has 0 spiro atoms. The number of carbonyl (C=O) groups excluding carboxylic acids is 2. The van der Waals surface area contributed by atoms with Crippen LogP contribution in [0.25, 0.3) is 0 Å². The molecule has 1 fully saturated rings. The van der Waals surface area contributed by atoms with E-state index in [0.717, 1.165) is 44.3 Å². The highest BCUT2D eigenvalue weighted by Gasteiger charge is 2.38. The first-order chi connectivity index (χ1) is 16.1. The van der Waals surface area contributed by atoms with Crippen molar-refractivity contribution in [3.8, 4) is 0 Å². The van der Waals surface area contributed by atoms with Crippen molar-refractivity contribution in [2.45, 2.75) is 64.1 Å². The fourth-order valence-corrected chi connectivity index (χ4v) is 4.70. The van der Waals surface area contributed by atoms with E-state index in [1.807, 2.05) is 30.0 Å². The average molecular weight is 460 g/mol. The number of esters is 1. The normalized spacial score (nSPS) is 23.7. The van der Waals surface area contributed by atoms with Crippen LogP contribution in [-0.2, 0) is 19.0 Å². The first-order valence-electron chi connectivity index (χ1n) is 12.2. The van der Waals surface area contributed by atoms with E-state index in [1.165, 1.54) is 13.5 Å². The van der Waals surface area contributed by atoms with Gasteiger partial charge in [0.15, 0.2) is 5.76 Å². The van der Waals surface area contributed by atoms with Crippen LogP contribution in [0, 0.1) is 5.92 Å². The summed E-state index contributed by atoms with van der Waals surface area (Å²) in [6.07, 6.45) is 8.15. The zero-order valence-electron chi connectivity index (χ0n) is 19.8. The van der Waals surface area contributed by atoms with E-state index < -0.39 is 6.29 Å². The fraction of sp³-hybridized carbons (Fsp3) is 0.615. The molecule has 0 saturated carbocycles. The van der Waals surface area contributed by atoms with Crippen LogP contribution in [0.4, 0.5) is 0 Å². The van der Waals surface area contributed by atoms with E-state index >= 15 is 0 Å². The van der Waals surface area contributed by atoms with Gasteiger partial charge in [-0.2, -0.15) is 0 Å². The number of amides is 1. The summed E-state index contributed by atoms with van der Waals surface area (Å²) >= 11 is 0. The third-order valence-electron chi connectivity index (χ3n) is 6.48. The van der Waals surface area contributed by atoms with Gasteiger partial charge in [-0.15, -0.1) is 0 Å². The van der Waals surface area contributed by atoms with Gasteiger partial charge in [0.05, 0.1) is 12.7 Å². The Bertz CT molecular complexity index is 798. The number of carbonyl (C=O) groups is 2. The molecule has 0 bridgehead atoms. The number of hydrogen-bond donors (Lipinski definition) is 1. The quantitative estimate of drug-likeness (QED) is 0.591. The number of aliphatic hydroxyl groups excluding tert-OH is 1. The number of hydrogen-bond acceptors (Lipinski definition) is 6. The molecular weight excluding hydrogens is 422 g/mol. The van der Waals surface area contributed by atoms with Crippen LogP contribution in [0.1, 0.15) is 73.7 Å². The van der Waals surface area contributed by atoms with Gasteiger partial charge in [-0.1, -0.05) is 31.4 Å². The summed E-state index contributed by atoms with van der Waals surface area (Å²) < 4.78 is 16.9. The Morgan fingerprint density at radius 2 is 1.76 bits per heavy atom. The highest BCUT2D eigenvalue weighted by Crippen LogP contribution is 2.40. The molecule has 2 aliphatic heterocycles. The van der Waals surface area contributed by atoms with Crippen molar-refractivity contribution in [2.24, 2.45) is 5.92 Å². The number of aliphatic hydroxyl groups is 1. The molecule has 7 heteroatoms.